The molecule has 8 rings (SSSR count). The van der Waals surface area contributed by atoms with Crippen molar-refractivity contribution in [3.63, 3.8) is 0 Å². The molecule has 1 atom stereocenters. The molecular formula is C42H32F2N2O2. The fourth-order valence-corrected chi connectivity index (χ4v) is 7.27. The average Bonchev–Trinajstić information content (AvgIpc) is 3.65. The third kappa shape index (κ3) is 4.83. The number of carbonyl (C=O) groups excluding carboxylic acids is 1. The highest BCUT2D eigenvalue weighted by Crippen LogP contribution is 2.51. The summed E-state index contributed by atoms with van der Waals surface area (Å²) in [6, 6.07) is 36.6. The SMILES string of the molecule is Cc1ccc(-n2c(-c3ccc(F)cc3)cc3c2C(c2c(-c4ccc(F)cc4)n(-c4ccc(C)cc4)c4cccc(O)c24)CCC3=O)cc1. The first kappa shape index (κ1) is 29.6. The van der Waals surface area contributed by atoms with Gasteiger partial charge in [-0.1, -0.05) is 41.5 Å². The summed E-state index contributed by atoms with van der Waals surface area (Å²) in [5.74, 6) is -0.860. The molecule has 5 aromatic carbocycles. The quantitative estimate of drug-likeness (QED) is 0.205. The van der Waals surface area contributed by atoms with Crippen LogP contribution in [0.4, 0.5) is 8.78 Å². The van der Waals surface area contributed by atoms with Gasteiger partial charge in [0.05, 0.1) is 16.9 Å². The number of aromatic hydroxyl groups is 1. The van der Waals surface area contributed by atoms with Crippen molar-refractivity contribution in [3.8, 4) is 39.6 Å². The van der Waals surface area contributed by atoms with E-state index in [4.69, 9.17) is 0 Å². The maximum absolute atomic E-state index is 14.4. The zero-order valence-corrected chi connectivity index (χ0v) is 26.5. The summed E-state index contributed by atoms with van der Waals surface area (Å²) in [5, 5.41) is 12.3. The predicted molar refractivity (Wildman–Crippen MR) is 186 cm³/mol. The molecule has 1 unspecified atom stereocenters. The Morgan fingerprint density at radius 2 is 1.25 bits per heavy atom. The molecule has 2 aromatic heterocycles. The Morgan fingerprint density at radius 3 is 1.85 bits per heavy atom. The molecule has 0 saturated heterocycles. The molecule has 0 aliphatic heterocycles. The van der Waals surface area contributed by atoms with Crippen LogP contribution in [0.25, 0.3) is 44.8 Å². The number of carbonyl (C=O) groups is 1. The van der Waals surface area contributed by atoms with Gasteiger partial charge < -0.3 is 14.2 Å². The average molecular weight is 635 g/mol. The molecule has 0 spiro atoms. The highest BCUT2D eigenvalue weighted by Gasteiger charge is 2.37. The number of hydrogen-bond donors (Lipinski definition) is 1. The van der Waals surface area contributed by atoms with E-state index in [2.05, 4.69) is 9.13 Å². The van der Waals surface area contributed by atoms with Gasteiger partial charge in [-0.15, -0.1) is 0 Å². The summed E-state index contributed by atoms with van der Waals surface area (Å²) in [5.41, 5.74) is 10.2. The van der Waals surface area contributed by atoms with Gasteiger partial charge in [0.1, 0.15) is 17.4 Å². The molecule has 6 heteroatoms. The first-order valence-corrected chi connectivity index (χ1v) is 16.1. The van der Waals surface area contributed by atoms with E-state index in [1.165, 1.54) is 24.3 Å². The smallest absolute Gasteiger partial charge is 0.164 e. The molecule has 1 aliphatic carbocycles. The number of nitrogens with zero attached hydrogens (tertiary/aromatic N) is 2. The number of aryl methyl sites for hydroxylation is 2. The molecule has 0 bridgehead atoms. The number of Topliss-reactive ketones (excluding diaryl/α,β-unsaturated/α-hetero) is 1. The minimum atomic E-state index is -0.344. The Bertz CT molecular complexity index is 2330. The van der Waals surface area contributed by atoms with Crippen LogP contribution in [0.3, 0.4) is 0 Å². The second kappa shape index (κ2) is 11.5. The molecule has 48 heavy (non-hydrogen) atoms. The van der Waals surface area contributed by atoms with Gasteiger partial charge >= 0.3 is 0 Å². The van der Waals surface area contributed by atoms with Crippen LogP contribution in [0.5, 0.6) is 5.75 Å². The summed E-state index contributed by atoms with van der Waals surface area (Å²) >= 11 is 0. The van der Waals surface area contributed by atoms with Crippen LogP contribution in [0.15, 0.2) is 121 Å². The number of fused-ring (bicyclic) bond motifs is 2. The Hall–Kier alpha value is -5.75. The van der Waals surface area contributed by atoms with Crippen LogP contribution in [0.1, 0.15) is 51.5 Å². The monoisotopic (exact) mass is 634 g/mol. The molecule has 1 N–H and O–H groups in total. The molecule has 1 aliphatic rings. The molecule has 236 valence electrons. The van der Waals surface area contributed by atoms with Gasteiger partial charge in [-0.3, -0.25) is 4.79 Å². The zero-order chi connectivity index (χ0) is 33.1. The second-order valence-electron chi connectivity index (χ2n) is 12.6. The van der Waals surface area contributed by atoms with Crippen molar-refractivity contribution >= 4 is 16.7 Å². The van der Waals surface area contributed by atoms with E-state index >= 15 is 0 Å². The standard InChI is InChI=1S/C42H32F2N2O2/c1-25-6-18-31(19-7-25)45-35-4-3-5-38(48)40(35)39(41(45)28-12-16-30(44)17-13-28)33-22-23-37(47)34-24-36(27-10-14-29(43)15-11-27)46(42(33)34)32-20-8-26(2)9-21-32/h3-21,24,33,48H,22-23H2,1-2H3. The van der Waals surface area contributed by atoms with E-state index in [1.54, 1.807) is 30.3 Å². The molecule has 0 radical (unpaired) electrons. The van der Waals surface area contributed by atoms with Crippen molar-refractivity contribution in [1.29, 1.82) is 0 Å². The lowest BCUT2D eigenvalue weighted by Gasteiger charge is -2.27. The minimum Gasteiger partial charge on any atom is -0.507 e. The summed E-state index contributed by atoms with van der Waals surface area (Å²) in [6.07, 6.45) is 0.812. The number of hydrogen-bond acceptors (Lipinski definition) is 2. The van der Waals surface area contributed by atoms with Crippen LogP contribution in [0.2, 0.25) is 0 Å². The van der Waals surface area contributed by atoms with Gasteiger partial charge in [0.25, 0.3) is 0 Å². The third-order valence-electron chi connectivity index (χ3n) is 9.53. The number of ketones is 1. The fraction of sp³-hybridized carbons (Fsp3) is 0.119. The normalized spacial score (nSPS) is 14.4. The number of phenols is 1. The maximum Gasteiger partial charge on any atom is 0.164 e. The first-order chi connectivity index (χ1) is 23.3. The third-order valence-corrected chi connectivity index (χ3v) is 9.53. The van der Waals surface area contributed by atoms with E-state index in [1.807, 2.05) is 80.6 Å². The number of rotatable bonds is 5. The van der Waals surface area contributed by atoms with Crippen LogP contribution in [-0.2, 0) is 0 Å². The Balaban J connectivity index is 1.50. The first-order valence-electron chi connectivity index (χ1n) is 16.1. The molecule has 7 aromatic rings. The Labute approximate surface area is 277 Å². The lowest BCUT2D eigenvalue weighted by atomic mass is 9.80. The number of aromatic nitrogens is 2. The molecule has 0 fully saturated rings. The van der Waals surface area contributed by atoms with Gasteiger partial charge in [-0.05, 0) is 128 Å². The van der Waals surface area contributed by atoms with Gasteiger partial charge in [-0.2, -0.15) is 0 Å². The largest absolute Gasteiger partial charge is 0.507 e. The van der Waals surface area contributed by atoms with Crippen LogP contribution >= 0.6 is 0 Å². The predicted octanol–water partition coefficient (Wildman–Crippen LogP) is 10.5. The second-order valence-corrected chi connectivity index (χ2v) is 12.6. The fourth-order valence-electron chi connectivity index (χ4n) is 7.27. The number of phenolic OH excluding ortho intramolecular Hbond substituents is 1. The topological polar surface area (TPSA) is 47.2 Å². The lowest BCUT2D eigenvalue weighted by molar-refractivity contribution is 0.0969. The van der Waals surface area contributed by atoms with Crippen molar-refractivity contribution < 1.29 is 18.7 Å². The van der Waals surface area contributed by atoms with Gasteiger partial charge in [0, 0.05) is 40.4 Å². The van der Waals surface area contributed by atoms with Gasteiger partial charge in [-0.25, -0.2) is 8.78 Å². The molecule has 4 nitrogen and oxygen atoms in total. The molecule has 0 saturated carbocycles. The zero-order valence-electron chi connectivity index (χ0n) is 26.5. The van der Waals surface area contributed by atoms with E-state index in [9.17, 15) is 18.7 Å². The van der Waals surface area contributed by atoms with Crippen LogP contribution < -0.4 is 0 Å². The summed E-state index contributed by atoms with van der Waals surface area (Å²) < 4.78 is 32.7. The highest BCUT2D eigenvalue weighted by molar-refractivity contribution is 6.03. The van der Waals surface area contributed by atoms with Crippen molar-refractivity contribution in [2.24, 2.45) is 0 Å². The molecule has 0 amide bonds. The minimum absolute atomic E-state index is 0.0327. The Morgan fingerprint density at radius 1 is 0.688 bits per heavy atom. The Kier molecular flexibility index (Phi) is 7.10. The van der Waals surface area contributed by atoms with Crippen molar-refractivity contribution in [2.75, 3.05) is 0 Å². The van der Waals surface area contributed by atoms with Crippen molar-refractivity contribution in [2.45, 2.75) is 32.6 Å². The summed E-state index contributed by atoms with van der Waals surface area (Å²) in [4.78, 5) is 13.8. The van der Waals surface area contributed by atoms with E-state index < -0.39 is 0 Å². The molecule has 2 heterocycles. The highest BCUT2D eigenvalue weighted by atomic mass is 19.1. The van der Waals surface area contributed by atoms with Gasteiger partial charge in [0.2, 0.25) is 0 Å². The van der Waals surface area contributed by atoms with Crippen LogP contribution in [-0.4, -0.2) is 20.0 Å². The maximum atomic E-state index is 14.4. The lowest BCUT2D eigenvalue weighted by Crippen LogP contribution is -2.19. The van der Waals surface area contributed by atoms with E-state index in [-0.39, 0.29) is 29.1 Å². The van der Waals surface area contributed by atoms with Gasteiger partial charge in [0.15, 0.2) is 5.78 Å². The van der Waals surface area contributed by atoms with E-state index in [0.29, 0.717) is 23.8 Å². The van der Waals surface area contributed by atoms with Crippen molar-refractivity contribution in [1.82, 2.24) is 9.13 Å². The summed E-state index contributed by atoms with van der Waals surface area (Å²) in [6.45, 7) is 4.06. The van der Waals surface area contributed by atoms with E-state index in [0.717, 1.165) is 61.8 Å². The van der Waals surface area contributed by atoms with Crippen molar-refractivity contribution in [3.05, 3.63) is 161 Å². The number of benzene rings is 5. The number of halogens is 2. The summed E-state index contributed by atoms with van der Waals surface area (Å²) in [7, 11) is 0. The molecular weight excluding hydrogens is 602 g/mol. The van der Waals surface area contributed by atoms with Crippen LogP contribution in [0, 0.1) is 25.5 Å².